The molecule has 0 amide bonds. The van der Waals surface area contributed by atoms with E-state index < -0.39 is 0 Å². The molecule has 1 aromatic rings. The lowest BCUT2D eigenvalue weighted by atomic mass is 10.1. The highest BCUT2D eigenvalue weighted by Crippen LogP contribution is 2.16. The van der Waals surface area contributed by atoms with E-state index in [0.29, 0.717) is 6.61 Å². The molecule has 0 bridgehead atoms. The second-order valence-electron chi connectivity index (χ2n) is 4.59. The van der Waals surface area contributed by atoms with E-state index in [-0.39, 0.29) is 6.10 Å². The Balaban J connectivity index is 2.46. The average Bonchev–Trinajstić information content (AvgIpc) is 2.47. The largest absolute Gasteiger partial charge is 0.373 e. The van der Waals surface area contributed by atoms with Gasteiger partial charge in [0.2, 0.25) is 0 Å². The molecule has 0 heterocycles. The first-order valence-corrected chi connectivity index (χ1v) is 7.69. The number of halogens is 1. The number of benzene rings is 1. The van der Waals surface area contributed by atoms with E-state index in [2.05, 4.69) is 47.6 Å². The molecule has 1 atom stereocenters. The average molecular weight is 323 g/mol. The summed E-state index contributed by atoms with van der Waals surface area (Å²) in [6.45, 7) is 6.64. The van der Waals surface area contributed by atoms with Crippen molar-refractivity contribution in [1.82, 2.24) is 0 Å². The molecule has 0 saturated heterocycles. The summed E-state index contributed by atoms with van der Waals surface area (Å²) in [6, 6.07) is 10.3. The highest BCUT2D eigenvalue weighted by atomic mass is 79.9. The first-order chi connectivity index (χ1) is 9.26. The second kappa shape index (κ2) is 9.99. The van der Waals surface area contributed by atoms with Gasteiger partial charge < -0.3 is 4.74 Å². The minimum atomic E-state index is 0.285. The summed E-state index contributed by atoms with van der Waals surface area (Å²) in [6.07, 6.45) is 8.69. The predicted octanol–water partition coefficient (Wildman–Crippen LogP) is 5.62. The Morgan fingerprint density at radius 1 is 1.37 bits per heavy atom. The molecule has 1 unspecified atom stereocenters. The van der Waals surface area contributed by atoms with Crippen molar-refractivity contribution in [1.29, 1.82) is 0 Å². The predicted molar refractivity (Wildman–Crippen MR) is 86.4 cm³/mol. The van der Waals surface area contributed by atoms with E-state index in [0.717, 1.165) is 17.3 Å². The SMILES string of the molecule is C=C/C(Br)=C/CC(CCCC)OCc1ccccc1. The molecule has 0 saturated carbocycles. The van der Waals surface area contributed by atoms with Gasteiger partial charge in [-0.25, -0.2) is 0 Å². The van der Waals surface area contributed by atoms with Crippen molar-refractivity contribution in [3.05, 3.63) is 59.1 Å². The summed E-state index contributed by atoms with van der Waals surface area (Å²) >= 11 is 3.46. The fourth-order valence-electron chi connectivity index (χ4n) is 1.82. The van der Waals surface area contributed by atoms with Gasteiger partial charge in [-0.3, -0.25) is 0 Å². The molecule has 0 aliphatic carbocycles. The number of hydrogen-bond acceptors (Lipinski definition) is 1. The van der Waals surface area contributed by atoms with Crippen LogP contribution in [0.5, 0.6) is 0 Å². The first kappa shape index (κ1) is 16.2. The van der Waals surface area contributed by atoms with Crippen LogP contribution in [0.2, 0.25) is 0 Å². The zero-order valence-electron chi connectivity index (χ0n) is 11.6. The van der Waals surface area contributed by atoms with Crippen LogP contribution in [0.25, 0.3) is 0 Å². The van der Waals surface area contributed by atoms with E-state index in [1.54, 1.807) is 0 Å². The van der Waals surface area contributed by atoms with Crippen LogP contribution in [0.4, 0.5) is 0 Å². The zero-order valence-corrected chi connectivity index (χ0v) is 13.2. The van der Waals surface area contributed by atoms with Crippen molar-refractivity contribution in [2.45, 2.75) is 45.3 Å². The van der Waals surface area contributed by atoms with E-state index >= 15 is 0 Å². The quantitative estimate of drug-likeness (QED) is 0.536. The van der Waals surface area contributed by atoms with Gasteiger partial charge in [-0.1, -0.05) is 84.8 Å². The Morgan fingerprint density at radius 2 is 2.11 bits per heavy atom. The normalized spacial score (nSPS) is 13.3. The highest BCUT2D eigenvalue weighted by molar-refractivity contribution is 9.11. The second-order valence-corrected chi connectivity index (χ2v) is 5.51. The summed E-state index contributed by atoms with van der Waals surface area (Å²) in [5.74, 6) is 0. The number of ether oxygens (including phenoxy) is 1. The van der Waals surface area contributed by atoms with Crippen LogP contribution in [0.15, 0.2) is 53.5 Å². The molecule has 2 heteroatoms. The molecule has 19 heavy (non-hydrogen) atoms. The van der Waals surface area contributed by atoms with Gasteiger partial charge in [-0.05, 0) is 18.4 Å². The molecule has 0 N–H and O–H groups in total. The Labute approximate surface area is 125 Å². The van der Waals surface area contributed by atoms with Gasteiger partial charge in [0.1, 0.15) is 0 Å². The molecule has 0 aromatic heterocycles. The van der Waals surface area contributed by atoms with Crippen molar-refractivity contribution in [3.8, 4) is 0 Å². The Hall–Kier alpha value is -0.860. The fourth-order valence-corrected chi connectivity index (χ4v) is 2.00. The maximum absolute atomic E-state index is 6.03. The molecular formula is C17H23BrO. The fraction of sp³-hybridized carbons (Fsp3) is 0.412. The van der Waals surface area contributed by atoms with Crippen molar-refractivity contribution in [2.75, 3.05) is 0 Å². The number of unbranched alkanes of at least 4 members (excludes halogenated alkanes) is 1. The molecule has 1 aromatic carbocycles. The summed E-state index contributed by atoms with van der Waals surface area (Å²) in [7, 11) is 0. The van der Waals surface area contributed by atoms with Crippen LogP contribution >= 0.6 is 15.9 Å². The Morgan fingerprint density at radius 3 is 2.74 bits per heavy atom. The number of rotatable bonds is 9. The van der Waals surface area contributed by atoms with Gasteiger partial charge >= 0.3 is 0 Å². The molecule has 104 valence electrons. The molecule has 0 radical (unpaired) electrons. The smallest absolute Gasteiger partial charge is 0.0720 e. The summed E-state index contributed by atoms with van der Waals surface area (Å²) in [5, 5.41) is 0. The van der Waals surface area contributed by atoms with Crippen LogP contribution in [0.1, 0.15) is 38.2 Å². The summed E-state index contributed by atoms with van der Waals surface area (Å²) in [4.78, 5) is 0. The molecule has 1 nitrogen and oxygen atoms in total. The number of hydrogen-bond donors (Lipinski definition) is 0. The monoisotopic (exact) mass is 322 g/mol. The van der Waals surface area contributed by atoms with Crippen molar-refractivity contribution < 1.29 is 4.74 Å². The van der Waals surface area contributed by atoms with Crippen LogP contribution in [0.3, 0.4) is 0 Å². The first-order valence-electron chi connectivity index (χ1n) is 6.90. The van der Waals surface area contributed by atoms with Crippen LogP contribution < -0.4 is 0 Å². The van der Waals surface area contributed by atoms with E-state index in [9.17, 15) is 0 Å². The van der Waals surface area contributed by atoms with Gasteiger partial charge in [-0.2, -0.15) is 0 Å². The van der Waals surface area contributed by atoms with Crippen LogP contribution in [0, 0.1) is 0 Å². The van der Waals surface area contributed by atoms with Crippen molar-refractivity contribution in [2.24, 2.45) is 0 Å². The maximum atomic E-state index is 6.03. The van der Waals surface area contributed by atoms with E-state index in [4.69, 9.17) is 4.74 Å². The van der Waals surface area contributed by atoms with Gasteiger partial charge in [0.25, 0.3) is 0 Å². The van der Waals surface area contributed by atoms with E-state index in [1.807, 2.05) is 24.3 Å². The maximum Gasteiger partial charge on any atom is 0.0720 e. The van der Waals surface area contributed by atoms with Gasteiger partial charge in [0, 0.05) is 4.48 Å². The lowest BCUT2D eigenvalue weighted by Gasteiger charge is -2.16. The van der Waals surface area contributed by atoms with Gasteiger partial charge in [-0.15, -0.1) is 0 Å². The minimum absolute atomic E-state index is 0.285. The Bertz CT molecular complexity index is 384. The molecular weight excluding hydrogens is 300 g/mol. The third kappa shape index (κ3) is 7.34. The van der Waals surface area contributed by atoms with Crippen molar-refractivity contribution in [3.63, 3.8) is 0 Å². The lowest BCUT2D eigenvalue weighted by Crippen LogP contribution is -2.12. The highest BCUT2D eigenvalue weighted by Gasteiger charge is 2.07. The molecule has 0 aliphatic heterocycles. The third-order valence-corrected chi connectivity index (χ3v) is 3.63. The third-order valence-electron chi connectivity index (χ3n) is 2.98. The minimum Gasteiger partial charge on any atom is -0.373 e. The van der Waals surface area contributed by atoms with Gasteiger partial charge in [0.15, 0.2) is 0 Å². The summed E-state index contributed by atoms with van der Waals surface area (Å²) < 4.78 is 7.06. The molecule has 0 aliphatic rings. The number of allylic oxidation sites excluding steroid dienone is 2. The molecule has 0 spiro atoms. The molecule has 0 fully saturated rings. The lowest BCUT2D eigenvalue weighted by molar-refractivity contribution is 0.0356. The van der Waals surface area contributed by atoms with Gasteiger partial charge in [0.05, 0.1) is 12.7 Å². The van der Waals surface area contributed by atoms with Crippen molar-refractivity contribution >= 4 is 15.9 Å². The Kier molecular flexibility index (Phi) is 8.52. The zero-order chi connectivity index (χ0) is 13.9. The van der Waals surface area contributed by atoms with E-state index in [1.165, 1.54) is 18.4 Å². The molecule has 1 rings (SSSR count). The van der Waals surface area contributed by atoms with Crippen LogP contribution in [-0.2, 0) is 11.3 Å². The standard InChI is InChI=1S/C17H23BrO/c1-3-5-11-17(13-12-16(18)4-2)19-14-15-9-7-6-8-10-15/h4,6-10,12,17H,2-3,5,11,13-14H2,1H3/b16-12-. The van der Waals surface area contributed by atoms with Crippen LogP contribution in [-0.4, -0.2) is 6.10 Å². The summed E-state index contributed by atoms with van der Waals surface area (Å²) in [5.41, 5.74) is 1.23. The topological polar surface area (TPSA) is 9.23 Å².